The number of nitrogens with one attached hydrogen (secondary N) is 2. The molecule has 1 aliphatic rings. The molecular formula is C23H26ClN3O6. The average molecular weight is 476 g/mol. The monoisotopic (exact) mass is 475 g/mol. The second-order valence-corrected chi connectivity index (χ2v) is 7.90. The topological polar surface area (TPSA) is 125 Å². The van der Waals surface area contributed by atoms with E-state index >= 15 is 0 Å². The molecule has 4 rings (SSSR count). The maximum absolute atomic E-state index is 12.9. The van der Waals surface area contributed by atoms with Crippen LogP contribution in [0.4, 0.5) is 0 Å². The minimum atomic E-state index is -1.05. The number of rotatable bonds is 9. The van der Waals surface area contributed by atoms with Gasteiger partial charge in [0, 0.05) is 6.54 Å². The number of carbonyl (C=O) groups excluding carboxylic acids is 1. The fourth-order valence-corrected chi connectivity index (χ4v) is 3.96. The molecule has 1 saturated heterocycles. The standard InChI is InChI=1S/C23H25N3O6.ClH/c27-21(11-15-6-7-20-18(10-15)25-23(30)32-20)24-19(13-26-8-1-2-9-26)16-4-3-5-17(12-16)31-14-22(28)29;/h3-7,10,12,19H,1-2,8-9,11,13-14H2,(H,24,27)(H,25,30)(H,28,29);1H/t19-;/m1./s1. The summed E-state index contributed by atoms with van der Waals surface area (Å²) < 4.78 is 10.3. The average Bonchev–Trinajstić information content (AvgIpc) is 3.40. The van der Waals surface area contributed by atoms with Crippen molar-refractivity contribution in [3.05, 3.63) is 64.1 Å². The van der Waals surface area contributed by atoms with Crippen molar-refractivity contribution in [3.63, 3.8) is 0 Å². The Morgan fingerprint density at radius 3 is 2.73 bits per heavy atom. The predicted molar refractivity (Wildman–Crippen MR) is 124 cm³/mol. The van der Waals surface area contributed by atoms with E-state index in [1.54, 1.807) is 36.4 Å². The smallest absolute Gasteiger partial charge is 0.417 e. The molecule has 3 aromatic rings. The molecular weight excluding hydrogens is 450 g/mol. The Balaban J connectivity index is 0.00000306. The second-order valence-electron chi connectivity index (χ2n) is 7.90. The largest absolute Gasteiger partial charge is 0.482 e. The van der Waals surface area contributed by atoms with Gasteiger partial charge in [-0.3, -0.25) is 9.78 Å². The van der Waals surface area contributed by atoms with Gasteiger partial charge in [-0.1, -0.05) is 18.2 Å². The Labute approximate surface area is 196 Å². The van der Waals surface area contributed by atoms with Crippen molar-refractivity contribution in [2.75, 3.05) is 26.2 Å². The fourth-order valence-electron chi connectivity index (χ4n) is 3.96. The molecule has 1 amide bonds. The lowest BCUT2D eigenvalue weighted by Gasteiger charge is -2.25. The van der Waals surface area contributed by atoms with Crippen LogP contribution in [0.2, 0.25) is 0 Å². The van der Waals surface area contributed by atoms with Gasteiger partial charge in [-0.2, -0.15) is 0 Å². The molecule has 10 heteroatoms. The van der Waals surface area contributed by atoms with Gasteiger partial charge in [0.25, 0.3) is 0 Å². The molecule has 0 spiro atoms. The Morgan fingerprint density at radius 2 is 1.97 bits per heavy atom. The minimum absolute atomic E-state index is 0. The lowest BCUT2D eigenvalue weighted by Crippen LogP contribution is -2.37. The molecule has 1 aromatic heterocycles. The number of ether oxygens (including phenoxy) is 1. The van der Waals surface area contributed by atoms with E-state index < -0.39 is 18.3 Å². The number of aromatic amines is 1. The number of fused-ring (bicyclic) bond motifs is 1. The van der Waals surface area contributed by atoms with Crippen molar-refractivity contribution in [2.24, 2.45) is 0 Å². The summed E-state index contributed by atoms with van der Waals surface area (Å²) >= 11 is 0. The van der Waals surface area contributed by atoms with Gasteiger partial charge in [0.2, 0.25) is 5.91 Å². The number of oxazole rings is 1. The number of aromatic nitrogens is 1. The highest BCUT2D eigenvalue weighted by atomic mass is 35.5. The lowest BCUT2D eigenvalue weighted by molar-refractivity contribution is -0.139. The molecule has 1 fully saturated rings. The normalized spacial score (nSPS) is 14.5. The number of nitrogens with zero attached hydrogens (tertiary/aromatic N) is 1. The van der Waals surface area contributed by atoms with Gasteiger partial charge in [0.05, 0.1) is 18.0 Å². The van der Waals surface area contributed by atoms with Crippen LogP contribution < -0.4 is 15.8 Å². The summed E-state index contributed by atoms with van der Waals surface area (Å²) in [6.45, 7) is 2.19. The number of amides is 1. The van der Waals surface area contributed by atoms with Crippen LogP contribution in [0.25, 0.3) is 11.1 Å². The summed E-state index contributed by atoms with van der Waals surface area (Å²) in [5.41, 5.74) is 2.61. The Morgan fingerprint density at radius 1 is 1.18 bits per heavy atom. The van der Waals surface area contributed by atoms with Crippen LogP contribution in [-0.4, -0.2) is 53.1 Å². The first-order valence-electron chi connectivity index (χ1n) is 10.5. The molecule has 9 nitrogen and oxygen atoms in total. The minimum Gasteiger partial charge on any atom is -0.482 e. The highest BCUT2D eigenvalue weighted by Gasteiger charge is 2.21. The van der Waals surface area contributed by atoms with E-state index in [1.807, 2.05) is 6.07 Å². The van der Waals surface area contributed by atoms with Gasteiger partial charge in [0.15, 0.2) is 12.2 Å². The van der Waals surface area contributed by atoms with Crippen LogP contribution in [0.15, 0.2) is 51.7 Å². The van der Waals surface area contributed by atoms with Crippen LogP contribution >= 0.6 is 12.4 Å². The molecule has 0 saturated carbocycles. The van der Waals surface area contributed by atoms with E-state index in [4.69, 9.17) is 14.3 Å². The molecule has 176 valence electrons. The van der Waals surface area contributed by atoms with E-state index in [2.05, 4.69) is 15.2 Å². The van der Waals surface area contributed by atoms with Crippen LogP contribution in [-0.2, 0) is 16.0 Å². The third kappa shape index (κ3) is 6.59. The zero-order valence-corrected chi connectivity index (χ0v) is 18.7. The SMILES string of the molecule is Cl.O=C(O)COc1cccc([C@@H](CN2CCCC2)NC(=O)Cc2ccc3oc(=O)[nH]c3c2)c1. The summed E-state index contributed by atoms with van der Waals surface area (Å²) in [6, 6.07) is 12.0. The van der Waals surface area contributed by atoms with Crippen molar-refractivity contribution < 1.29 is 23.8 Å². The van der Waals surface area contributed by atoms with E-state index in [0.29, 0.717) is 23.4 Å². The molecule has 1 atom stereocenters. The first kappa shape index (κ1) is 24.3. The molecule has 0 bridgehead atoms. The molecule has 1 aliphatic heterocycles. The van der Waals surface area contributed by atoms with E-state index in [9.17, 15) is 14.4 Å². The molecule has 0 aliphatic carbocycles. The molecule has 3 N–H and O–H groups in total. The third-order valence-electron chi connectivity index (χ3n) is 5.45. The quantitative estimate of drug-likeness (QED) is 0.434. The van der Waals surface area contributed by atoms with Gasteiger partial charge >= 0.3 is 11.7 Å². The third-order valence-corrected chi connectivity index (χ3v) is 5.45. The summed E-state index contributed by atoms with van der Waals surface area (Å²) in [6.07, 6.45) is 2.41. The van der Waals surface area contributed by atoms with Gasteiger partial charge in [-0.25, -0.2) is 9.59 Å². The van der Waals surface area contributed by atoms with Crippen LogP contribution in [0.1, 0.15) is 30.0 Å². The molecule has 0 unspecified atom stereocenters. The van der Waals surface area contributed by atoms with Crippen molar-refractivity contribution in [3.8, 4) is 5.75 Å². The summed E-state index contributed by atoms with van der Waals surface area (Å²) in [5, 5.41) is 12.0. The number of halogens is 1. The zero-order valence-electron chi connectivity index (χ0n) is 17.9. The van der Waals surface area contributed by atoms with Crippen LogP contribution in [0.5, 0.6) is 5.75 Å². The Hall–Kier alpha value is -3.30. The number of carboxylic acids is 1. The first-order valence-corrected chi connectivity index (χ1v) is 10.5. The molecule has 2 aromatic carbocycles. The van der Waals surface area contributed by atoms with Crippen molar-refractivity contribution in [1.29, 1.82) is 0 Å². The van der Waals surface area contributed by atoms with Crippen molar-refractivity contribution in [1.82, 2.24) is 15.2 Å². The van der Waals surface area contributed by atoms with Crippen LogP contribution in [0, 0.1) is 0 Å². The Kier molecular flexibility index (Phi) is 8.13. The van der Waals surface area contributed by atoms with Gasteiger partial charge in [-0.15, -0.1) is 12.4 Å². The summed E-state index contributed by atoms with van der Waals surface area (Å²) in [7, 11) is 0. The number of hydrogen-bond donors (Lipinski definition) is 3. The van der Waals surface area contributed by atoms with E-state index in [1.165, 1.54) is 0 Å². The van der Waals surface area contributed by atoms with Crippen molar-refractivity contribution in [2.45, 2.75) is 25.3 Å². The Bertz CT molecular complexity index is 1170. The number of likely N-dealkylation sites (tertiary alicyclic amines) is 1. The maximum Gasteiger partial charge on any atom is 0.417 e. The number of carboxylic acid groups (broad SMARTS) is 1. The zero-order chi connectivity index (χ0) is 22.5. The van der Waals surface area contributed by atoms with Gasteiger partial charge in [-0.05, 0) is 61.3 Å². The highest BCUT2D eigenvalue weighted by Crippen LogP contribution is 2.22. The second kappa shape index (κ2) is 11.0. The molecule has 0 radical (unpaired) electrons. The predicted octanol–water partition coefficient (Wildman–Crippen LogP) is 2.50. The first-order chi connectivity index (χ1) is 15.5. The molecule has 33 heavy (non-hydrogen) atoms. The lowest BCUT2D eigenvalue weighted by atomic mass is 10.0. The summed E-state index contributed by atoms with van der Waals surface area (Å²) in [4.78, 5) is 39.9. The van der Waals surface area contributed by atoms with Gasteiger partial charge in [0.1, 0.15) is 5.75 Å². The molecule has 2 heterocycles. The number of carbonyl (C=O) groups is 2. The van der Waals surface area contributed by atoms with E-state index in [-0.39, 0.29) is 30.8 Å². The number of H-pyrrole nitrogens is 1. The number of aliphatic carboxylic acids is 1. The maximum atomic E-state index is 12.9. The fraction of sp³-hybridized carbons (Fsp3) is 0.348. The van der Waals surface area contributed by atoms with Crippen LogP contribution in [0.3, 0.4) is 0 Å². The summed E-state index contributed by atoms with van der Waals surface area (Å²) in [5.74, 6) is -1.29. The van der Waals surface area contributed by atoms with E-state index in [0.717, 1.165) is 37.1 Å². The highest BCUT2D eigenvalue weighted by molar-refractivity contribution is 5.85. The number of hydrogen-bond acceptors (Lipinski definition) is 6. The van der Waals surface area contributed by atoms with Gasteiger partial charge < -0.3 is 24.5 Å². The number of benzene rings is 2. The van der Waals surface area contributed by atoms with Crippen molar-refractivity contribution >= 4 is 35.4 Å².